The average Bonchev–Trinajstić information content (AvgIpc) is 2.87. The summed E-state index contributed by atoms with van der Waals surface area (Å²) in [6.07, 6.45) is 8.49. The Labute approximate surface area is 185 Å². The number of hydrogen-bond donors (Lipinski definition) is 0. The molecule has 2 heteroatoms. The van der Waals surface area contributed by atoms with Gasteiger partial charge in [-0.2, -0.15) is 0 Å². The Bertz CT molecular complexity index is 1090. The molecule has 1 aliphatic carbocycles. The molecule has 0 saturated carbocycles. The third-order valence-electron chi connectivity index (χ3n) is 5.37. The van der Waals surface area contributed by atoms with Gasteiger partial charge in [-0.1, -0.05) is 74.5 Å². The van der Waals surface area contributed by atoms with Crippen molar-refractivity contribution >= 4 is 23.1 Å². The molecule has 0 radical (unpaired) electrons. The lowest BCUT2D eigenvalue weighted by atomic mass is 9.94. The number of benzene rings is 3. The van der Waals surface area contributed by atoms with Crippen LogP contribution in [0.15, 0.2) is 103 Å². The zero-order chi connectivity index (χ0) is 21.5. The number of fused-ring (bicyclic) bond motifs is 1. The third kappa shape index (κ3) is 4.44. The zero-order valence-electron chi connectivity index (χ0n) is 18.2. The number of nitrogens with zero attached hydrogens (tertiary/aromatic N) is 2. The maximum Gasteiger partial charge on any atom is 0.0485 e. The molecule has 0 N–H and O–H groups in total. The van der Waals surface area contributed by atoms with Crippen LogP contribution in [0.25, 0.3) is 17.2 Å². The molecule has 4 aromatic rings. The van der Waals surface area contributed by atoms with E-state index in [2.05, 4.69) is 113 Å². The van der Waals surface area contributed by atoms with Gasteiger partial charge in [0.05, 0.1) is 0 Å². The number of rotatable bonds is 4. The lowest BCUT2D eigenvalue weighted by Crippen LogP contribution is -2.09. The molecule has 154 valence electrons. The predicted molar refractivity (Wildman–Crippen MR) is 133 cm³/mol. The van der Waals surface area contributed by atoms with Gasteiger partial charge in [0.25, 0.3) is 0 Å². The normalized spacial score (nSPS) is 11.8. The lowest BCUT2D eigenvalue weighted by molar-refractivity contribution is 0.928. The molecule has 5 rings (SSSR count). The van der Waals surface area contributed by atoms with Crippen LogP contribution in [-0.4, -0.2) is 4.98 Å². The molecule has 1 aromatic heterocycles. The number of hydrogen-bond acceptors (Lipinski definition) is 2. The predicted octanol–water partition coefficient (Wildman–Crippen LogP) is 8.20. The molecule has 0 aliphatic heterocycles. The zero-order valence-corrected chi connectivity index (χ0v) is 18.2. The van der Waals surface area contributed by atoms with Crippen molar-refractivity contribution in [2.24, 2.45) is 0 Å². The first-order valence-corrected chi connectivity index (χ1v) is 11.1. The second-order valence-corrected chi connectivity index (χ2v) is 7.21. The molecular formula is C29H28N2. The van der Waals surface area contributed by atoms with Crippen LogP contribution in [0.2, 0.25) is 0 Å². The third-order valence-corrected chi connectivity index (χ3v) is 5.37. The summed E-state index contributed by atoms with van der Waals surface area (Å²) in [5.74, 6) is 0. The summed E-state index contributed by atoms with van der Waals surface area (Å²) in [7, 11) is 0. The highest BCUT2D eigenvalue weighted by atomic mass is 15.1. The summed E-state index contributed by atoms with van der Waals surface area (Å²) >= 11 is 0. The number of para-hydroxylation sites is 2. The van der Waals surface area contributed by atoms with Crippen LogP contribution in [0.1, 0.15) is 31.5 Å². The Balaban J connectivity index is 0.00000112. The van der Waals surface area contributed by atoms with Crippen molar-refractivity contribution in [3.8, 4) is 11.1 Å². The highest BCUT2D eigenvalue weighted by molar-refractivity contribution is 5.81. The van der Waals surface area contributed by atoms with Crippen molar-refractivity contribution in [3.05, 3.63) is 115 Å². The molecule has 31 heavy (non-hydrogen) atoms. The first-order chi connectivity index (χ1) is 15.4. The van der Waals surface area contributed by atoms with Gasteiger partial charge in [0, 0.05) is 34.5 Å². The molecule has 3 aromatic carbocycles. The summed E-state index contributed by atoms with van der Waals surface area (Å²) in [4.78, 5) is 6.85. The van der Waals surface area contributed by atoms with Gasteiger partial charge >= 0.3 is 0 Å². The molecule has 0 amide bonds. The molecule has 0 spiro atoms. The lowest BCUT2D eigenvalue weighted by Gasteiger charge is -2.25. The van der Waals surface area contributed by atoms with Crippen molar-refractivity contribution in [3.63, 3.8) is 0 Å². The molecule has 0 bridgehead atoms. The van der Waals surface area contributed by atoms with Gasteiger partial charge in [0.15, 0.2) is 0 Å². The first-order valence-electron chi connectivity index (χ1n) is 11.1. The van der Waals surface area contributed by atoms with E-state index in [0.29, 0.717) is 0 Å². The largest absolute Gasteiger partial charge is 0.311 e. The minimum atomic E-state index is 1.02. The average molecular weight is 405 g/mol. The van der Waals surface area contributed by atoms with Gasteiger partial charge in [-0.25, -0.2) is 0 Å². The summed E-state index contributed by atoms with van der Waals surface area (Å²) in [5.41, 5.74) is 8.37. The van der Waals surface area contributed by atoms with E-state index in [1.54, 1.807) is 0 Å². The molecule has 2 nitrogen and oxygen atoms in total. The molecular weight excluding hydrogens is 376 g/mol. The monoisotopic (exact) mass is 404 g/mol. The fourth-order valence-corrected chi connectivity index (χ4v) is 3.97. The number of aromatic nitrogens is 1. The van der Waals surface area contributed by atoms with E-state index in [4.69, 9.17) is 0 Å². The Hall–Kier alpha value is -3.65. The Morgan fingerprint density at radius 2 is 1.26 bits per heavy atom. The van der Waals surface area contributed by atoms with Crippen LogP contribution in [0.4, 0.5) is 17.1 Å². The van der Waals surface area contributed by atoms with Crippen molar-refractivity contribution in [2.45, 2.75) is 26.7 Å². The van der Waals surface area contributed by atoms with E-state index in [1.807, 2.05) is 20.0 Å². The number of aryl methyl sites for hydroxylation is 1. The number of allylic oxidation sites excluding steroid dienone is 1. The topological polar surface area (TPSA) is 16.1 Å². The summed E-state index contributed by atoms with van der Waals surface area (Å²) in [6, 6.07) is 31.9. The minimum absolute atomic E-state index is 1.02. The molecule has 0 unspecified atom stereocenters. The second-order valence-electron chi connectivity index (χ2n) is 7.21. The fraction of sp³-hybridized carbons (Fsp3) is 0.138. The van der Waals surface area contributed by atoms with Crippen molar-refractivity contribution in [1.29, 1.82) is 0 Å². The highest BCUT2D eigenvalue weighted by Crippen LogP contribution is 2.36. The van der Waals surface area contributed by atoms with Crippen LogP contribution in [-0.2, 0) is 6.42 Å². The minimum Gasteiger partial charge on any atom is -0.311 e. The number of anilines is 3. The summed E-state index contributed by atoms with van der Waals surface area (Å²) in [5, 5.41) is 0. The Morgan fingerprint density at radius 3 is 1.87 bits per heavy atom. The summed E-state index contributed by atoms with van der Waals surface area (Å²) < 4.78 is 0. The van der Waals surface area contributed by atoms with Gasteiger partial charge in [-0.3, -0.25) is 4.98 Å². The van der Waals surface area contributed by atoms with E-state index in [0.717, 1.165) is 29.9 Å². The van der Waals surface area contributed by atoms with E-state index < -0.39 is 0 Å². The molecule has 1 aliphatic rings. The van der Waals surface area contributed by atoms with Crippen molar-refractivity contribution < 1.29 is 0 Å². The highest BCUT2D eigenvalue weighted by Gasteiger charge is 2.14. The second kappa shape index (κ2) is 9.90. The first kappa shape index (κ1) is 20.6. The van der Waals surface area contributed by atoms with Gasteiger partial charge in [0.2, 0.25) is 0 Å². The van der Waals surface area contributed by atoms with Crippen LogP contribution in [0.3, 0.4) is 0 Å². The maximum absolute atomic E-state index is 4.57. The molecule has 0 fully saturated rings. The van der Waals surface area contributed by atoms with E-state index in [9.17, 15) is 0 Å². The Kier molecular flexibility index (Phi) is 6.59. The summed E-state index contributed by atoms with van der Waals surface area (Å²) in [6.45, 7) is 4.00. The molecule has 1 heterocycles. The van der Waals surface area contributed by atoms with Gasteiger partial charge in [0.1, 0.15) is 0 Å². The molecule has 0 atom stereocenters. The standard InChI is InChI=1S/C27H22N2.C2H6/c1-3-9-22(10-4-1)29(23-11-5-2-6-12-23)24-17-15-21(16-18-24)25-19-20-28-27-14-8-7-13-26(25)27;1-2/h1-7,9-13,15-20H,8,14H2;1-2H3. The van der Waals surface area contributed by atoms with Gasteiger partial charge < -0.3 is 4.90 Å². The molecule has 0 saturated heterocycles. The van der Waals surface area contributed by atoms with Crippen molar-refractivity contribution in [1.82, 2.24) is 4.98 Å². The van der Waals surface area contributed by atoms with Crippen LogP contribution < -0.4 is 4.90 Å². The smallest absolute Gasteiger partial charge is 0.0485 e. The maximum atomic E-state index is 4.57. The van der Waals surface area contributed by atoms with E-state index in [1.165, 1.54) is 22.4 Å². The van der Waals surface area contributed by atoms with Crippen LogP contribution in [0, 0.1) is 0 Å². The number of pyridine rings is 1. The Morgan fingerprint density at radius 1 is 0.677 bits per heavy atom. The van der Waals surface area contributed by atoms with Crippen molar-refractivity contribution in [2.75, 3.05) is 4.90 Å². The van der Waals surface area contributed by atoms with E-state index >= 15 is 0 Å². The van der Waals surface area contributed by atoms with E-state index in [-0.39, 0.29) is 0 Å². The fourth-order valence-electron chi connectivity index (χ4n) is 3.97. The quantitative estimate of drug-likeness (QED) is 0.341. The van der Waals surface area contributed by atoms with Crippen LogP contribution in [0.5, 0.6) is 0 Å². The van der Waals surface area contributed by atoms with Gasteiger partial charge in [-0.05, 0) is 66.4 Å². The van der Waals surface area contributed by atoms with Crippen LogP contribution >= 0.6 is 0 Å². The van der Waals surface area contributed by atoms with Gasteiger partial charge in [-0.15, -0.1) is 0 Å². The SMILES string of the molecule is C1=Cc2c(-c3ccc(N(c4ccccc4)c4ccccc4)cc3)ccnc2CC1.CC.